The van der Waals surface area contributed by atoms with Crippen LogP contribution in [0.2, 0.25) is 0 Å². The molecular formula is C17H27NO2. The van der Waals surface area contributed by atoms with Gasteiger partial charge in [0.25, 0.3) is 0 Å². The fourth-order valence-corrected chi connectivity index (χ4v) is 3.36. The Morgan fingerprint density at radius 3 is 1.75 bits per heavy atom. The van der Waals surface area contributed by atoms with Crippen molar-refractivity contribution < 1.29 is 10.2 Å². The first-order valence-corrected chi connectivity index (χ1v) is 7.82. The zero-order valence-corrected chi connectivity index (χ0v) is 12.7. The monoisotopic (exact) mass is 277 g/mol. The van der Waals surface area contributed by atoms with Crippen molar-refractivity contribution >= 4 is 0 Å². The van der Waals surface area contributed by atoms with Crippen molar-refractivity contribution in [2.75, 3.05) is 13.1 Å². The predicted molar refractivity (Wildman–Crippen MR) is 81.6 cm³/mol. The molecule has 3 heteroatoms. The van der Waals surface area contributed by atoms with Gasteiger partial charge in [0, 0.05) is 6.04 Å². The molecule has 0 fully saturated rings. The van der Waals surface area contributed by atoms with Crippen molar-refractivity contribution in [3.63, 3.8) is 0 Å². The van der Waals surface area contributed by atoms with Gasteiger partial charge in [-0.15, -0.1) is 0 Å². The molecule has 1 aliphatic rings. The molecule has 0 unspecified atom stereocenters. The summed E-state index contributed by atoms with van der Waals surface area (Å²) in [4.78, 5) is 2.59. The topological polar surface area (TPSA) is 43.7 Å². The van der Waals surface area contributed by atoms with E-state index in [4.69, 9.17) is 0 Å². The summed E-state index contributed by atoms with van der Waals surface area (Å²) in [6.07, 6.45) is 4.54. The second-order valence-corrected chi connectivity index (χ2v) is 5.80. The zero-order chi connectivity index (χ0) is 14.5. The third kappa shape index (κ3) is 3.22. The van der Waals surface area contributed by atoms with Crippen LogP contribution in [-0.4, -0.2) is 34.2 Å². The number of benzene rings is 1. The lowest BCUT2D eigenvalue weighted by molar-refractivity contribution is 0.202. The van der Waals surface area contributed by atoms with E-state index in [1.54, 1.807) is 0 Å². The Balaban J connectivity index is 2.17. The molecule has 1 aromatic rings. The van der Waals surface area contributed by atoms with E-state index in [1.807, 2.05) is 0 Å². The van der Waals surface area contributed by atoms with Gasteiger partial charge in [-0.25, -0.2) is 0 Å². The Morgan fingerprint density at radius 1 is 0.950 bits per heavy atom. The van der Waals surface area contributed by atoms with Crippen molar-refractivity contribution in [2.45, 2.75) is 58.8 Å². The number of rotatable bonds is 7. The van der Waals surface area contributed by atoms with E-state index < -0.39 is 0 Å². The van der Waals surface area contributed by atoms with Gasteiger partial charge in [0.15, 0.2) is 0 Å². The molecule has 2 rings (SSSR count). The zero-order valence-electron chi connectivity index (χ0n) is 12.7. The number of hydrogen-bond acceptors (Lipinski definition) is 3. The largest absolute Gasteiger partial charge is 0.392 e. The smallest absolute Gasteiger partial charge is 0.0685 e. The van der Waals surface area contributed by atoms with Gasteiger partial charge < -0.3 is 10.2 Å². The van der Waals surface area contributed by atoms with Gasteiger partial charge in [-0.2, -0.15) is 0 Å². The molecule has 2 N–H and O–H groups in total. The molecule has 112 valence electrons. The Hall–Kier alpha value is -0.900. The SMILES string of the molecule is CCCN(CCC)C1Cc2cc(CO)c(CO)cc2C1. The summed E-state index contributed by atoms with van der Waals surface area (Å²) in [6, 6.07) is 4.78. The standard InChI is InChI=1S/C17H27NO2/c1-3-5-18(6-4-2)17-9-13-7-15(11-19)16(12-20)8-14(13)10-17/h7-8,17,19-20H,3-6,9-12H2,1-2H3. The second kappa shape index (κ2) is 7.21. The van der Waals surface area contributed by atoms with Gasteiger partial charge in [0.2, 0.25) is 0 Å². The van der Waals surface area contributed by atoms with Gasteiger partial charge >= 0.3 is 0 Å². The maximum absolute atomic E-state index is 9.40. The Kier molecular flexibility index (Phi) is 5.58. The Labute approximate surface area is 122 Å². The molecule has 0 aliphatic heterocycles. The number of fused-ring (bicyclic) bond motifs is 1. The van der Waals surface area contributed by atoms with Crippen molar-refractivity contribution in [3.05, 3.63) is 34.4 Å². The molecule has 0 spiro atoms. The third-order valence-corrected chi connectivity index (χ3v) is 4.31. The minimum Gasteiger partial charge on any atom is -0.392 e. The lowest BCUT2D eigenvalue weighted by Crippen LogP contribution is -2.37. The normalized spacial score (nSPS) is 15.1. The second-order valence-electron chi connectivity index (χ2n) is 5.80. The molecular weight excluding hydrogens is 250 g/mol. The highest BCUT2D eigenvalue weighted by Gasteiger charge is 2.26. The van der Waals surface area contributed by atoms with Gasteiger partial charge in [-0.05, 0) is 61.0 Å². The highest BCUT2D eigenvalue weighted by atomic mass is 16.3. The van der Waals surface area contributed by atoms with Crippen LogP contribution in [0, 0.1) is 0 Å². The van der Waals surface area contributed by atoms with E-state index in [0.717, 1.165) is 37.1 Å². The molecule has 20 heavy (non-hydrogen) atoms. The minimum atomic E-state index is 0.0154. The van der Waals surface area contributed by atoms with Crippen LogP contribution in [0.1, 0.15) is 48.9 Å². The van der Waals surface area contributed by atoms with Crippen molar-refractivity contribution in [3.8, 4) is 0 Å². The van der Waals surface area contributed by atoms with Gasteiger partial charge in [0.1, 0.15) is 0 Å². The van der Waals surface area contributed by atoms with Crippen LogP contribution in [0.4, 0.5) is 0 Å². The summed E-state index contributed by atoms with van der Waals surface area (Å²) in [6.45, 7) is 6.82. The average Bonchev–Trinajstić information content (AvgIpc) is 2.88. The van der Waals surface area contributed by atoms with E-state index in [0.29, 0.717) is 6.04 Å². The van der Waals surface area contributed by atoms with Crippen LogP contribution in [0.15, 0.2) is 12.1 Å². The first-order valence-electron chi connectivity index (χ1n) is 7.82. The van der Waals surface area contributed by atoms with E-state index in [9.17, 15) is 10.2 Å². The third-order valence-electron chi connectivity index (χ3n) is 4.31. The van der Waals surface area contributed by atoms with E-state index in [1.165, 1.54) is 24.0 Å². The Morgan fingerprint density at radius 2 is 1.40 bits per heavy atom. The van der Waals surface area contributed by atoms with Crippen LogP contribution in [0.3, 0.4) is 0 Å². The van der Waals surface area contributed by atoms with Crippen LogP contribution in [-0.2, 0) is 26.1 Å². The van der Waals surface area contributed by atoms with E-state index >= 15 is 0 Å². The molecule has 1 aliphatic carbocycles. The van der Waals surface area contributed by atoms with Crippen molar-refractivity contribution in [1.29, 1.82) is 0 Å². The molecule has 0 bridgehead atoms. The fraction of sp³-hybridized carbons (Fsp3) is 0.647. The molecule has 0 atom stereocenters. The summed E-state index contributed by atoms with van der Waals surface area (Å²) in [5.41, 5.74) is 4.47. The quantitative estimate of drug-likeness (QED) is 0.803. The fourth-order valence-electron chi connectivity index (χ4n) is 3.36. The molecule has 0 heterocycles. The number of aliphatic hydroxyl groups is 2. The summed E-state index contributed by atoms with van der Waals surface area (Å²) in [5.74, 6) is 0. The van der Waals surface area contributed by atoms with Crippen LogP contribution >= 0.6 is 0 Å². The maximum Gasteiger partial charge on any atom is 0.0685 e. The highest BCUT2D eigenvalue weighted by molar-refractivity contribution is 5.42. The molecule has 3 nitrogen and oxygen atoms in total. The van der Waals surface area contributed by atoms with Crippen LogP contribution < -0.4 is 0 Å². The van der Waals surface area contributed by atoms with Crippen LogP contribution in [0.25, 0.3) is 0 Å². The van der Waals surface area contributed by atoms with Crippen molar-refractivity contribution in [2.24, 2.45) is 0 Å². The summed E-state index contributed by atoms with van der Waals surface area (Å²) >= 11 is 0. The number of hydrogen-bond donors (Lipinski definition) is 2. The molecule has 0 saturated heterocycles. The lowest BCUT2D eigenvalue weighted by atomic mass is 10.0. The Bertz CT molecular complexity index is 406. The summed E-state index contributed by atoms with van der Waals surface area (Å²) in [7, 11) is 0. The molecule has 0 amide bonds. The predicted octanol–water partition coefficient (Wildman–Crippen LogP) is 2.26. The molecule has 0 saturated carbocycles. The van der Waals surface area contributed by atoms with E-state index in [-0.39, 0.29) is 13.2 Å². The van der Waals surface area contributed by atoms with Crippen LogP contribution in [0.5, 0.6) is 0 Å². The lowest BCUT2D eigenvalue weighted by Gasteiger charge is -2.27. The molecule has 0 aromatic heterocycles. The molecule has 0 radical (unpaired) electrons. The number of aliphatic hydroxyl groups excluding tert-OH is 2. The highest BCUT2D eigenvalue weighted by Crippen LogP contribution is 2.29. The summed E-state index contributed by atoms with van der Waals surface area (Å²) in [5, 5.41) is 18.8. The summed E-state index contributed by atoms with van der Waals surface area (Å²) < 4.78 is 0. The maximum atomic E-state index is 9.40. The van der Waals surface area contributed by atoms with E-state index in [2.05, 4.69) is 30.9 Å². The first kappa shape index (κ1) is 15.5. The van der Waals surface area contributed by atoms with Gasteiger partial charge in [0.05, 0.1) is 13.2 Å². The van der Waals surface area contributed by atoms with Gasteiger partial charge in [-0.3, -0.25) is 4.90 Å². The molecule has 1 aromatic carbocycles. The average molecular weight is 277 g/mol. The minimum absolute atomic E-state index is 0.0154. The number of nitrogens with zero attached hydrogens (tertiary/aromatic N) is 1. The van der Waals surface area contributed by atoms with Crippen molar-refractivity contribution in [1.82, 2.24) is 4.90 Å². The first-order chi connectivity index (χ1) is 9.73. The van der Waals surface area contributed by atoms with Gasteiger partial charge in [-0.1, -0.05) is 26.0 Å².